The maximum absolute atomic E-state index is 11.7. The molecule has 0 aromatic heterocycles. The van der Waals surface area contributed by atoms with Crippen molar-refractivity contribution in [2.45, 2.75) is 6.92 Å². The van der Waals surface area contributed by atoms with Gasteiger partial charge >= 0.3 is 5.97 Å². The zero-order valence-electron chi connectivity index (χ0n) is 13.6. The Balaban J connectivity index is 1.86. The molecule has 0 saturated heterocycles. The molecule has 2 aromatic rings. The molecule has 0 radical (unpaired) electrons. The number of hydrogen-bond donors (Lipinski definition) is 2. The fourth-order valence-electron chi connectivity index (χ4n) is 1.92. The largest absolute Gasteiger partial charge is 0.484 e. The van der Waals surface area contributed by atoms with Crippen LogP contribution in [0.4, 0.5) is 0 Å². The van der Waals surface area contributed by atoms with Crippen LogP contribution in [0.25, 0.3) is 0 Å². The summed E-state index contributed by atoms with van der Waals surface area (Å²) in [5.41, 5.74) is 3.92. The Morgan fingerprint density at radius 1 is 1.12 bits per heavy atom. The van der Waals surface area contributed by atoms with Gasteiger partial charge in [0.05, 0.1) is 6.21 Å². The van der Waals surface area contributed by atoms with E-state index >= 15 is 0 Å². The summed E-state index contributed by atoms with van der Waals surface area (Å²) in [5, 5.41) is 12.5. The quantitative estimate of drug-likeness (QED) is 0.565. The minimum Gasteiger partial charge on any atom is -0.484 e. The van der Waals surface area contributed by atoms with Crippen LogP contribution in [-0.4, -0.2) is 36.4 Å². The predicted octanol–water partition coefficient (Wildman–Crippen LogP) is 1.99. The lowest BCUT2D eigenvalue weighted by Crippen LogP contribution is -2.24. The van der Waals surface area contributed by atoms with E-state index in [4.69, 9.17) is 14.6 Å². The number of nitrogens with one attached hydrogen (secondary N) is 1. The number of ether oxygens (including phenoxy) is 2. The summed E-state index contributed by atoms with van der Waals surface area (Å²) in [6.45, 7) is 1.31. The fourth-order valence-corrected chi connectivity index (χ4v) is 1.92. The number of benzene rings is 2. The minimum absolute atomic E-state index is 0.169. The first kappa shape index (κ1) is 18.0. The number of hydrazone groups is 1. The maximum Gasteiger partial charge on any atom is 0.341 e. The van der Waals surface area contributed by atoms with E-state index in [0.717, 1.165) is 5.56 Å². The number of nitrogens with zero attached hydrogens (tertiary/aromatic N) is 1. The number of aliphatic carboxylic acids is 1. The highest BCUT2D eigenvalue weighted by molar-refractivity contribution is 5.85. The topological polar surface area (TPSA) is 97.2 Å². The SMILES string of the molecule is Cc1cccc(OCC(=O)N/N=C\c2ccccc2OCC(=O)O)c1. The van der Waals surface area contributed by atoms with E-state index in [1.54, 1.807) is 30.3 Å². The number of carboxylic acids is 1. The third-order valence-electron chi connectivity index (χ3n) is 3.02. The van der Waals surface area contributed by atoms with E-state index in [9.17, 15) is 9.59 Å². The molecule has 2 N–H and O–H groups in total. The maximum atomic E-state index is 11.7. The molecule has 2 aromatic carbocycles. The van der Waals surface area contributed by atoms with Crippen LogP contribution < -0.4 is 14.9 Å². The third-order valence-corrected chi connectivity index (χ3v) is 3.02. The highest BCUT2D eigenvalue weighted by Gasteiger charge is 2.04. The van der Waals surface area contributed by atoms with E-state index < -0.39 is 18.5 Å². The van der Waals surface area contributed by atoms with Crippen molar-refractivity contribution in [3.63, 3.8) is 0 Å². The number of para-hydroxylation sites is 1. The molecule has 25 heavy (non-hydrogen) atoms. The summed E-state index contributed by atoms with van der Waals surface area (Å²) in [6.07, 6.45) is 1.38. The van der Waals surface area contributed by atoms with Crippen LogP contribution in [0.2, 0.25) is 0 Å². The Morgan fingerprint density at radius 3 is 2.68 bits per heavy atom. The van der Waals surface area contributed by atoms with Crippen LogP contribution >= 0.6 is 0 Å². The second-order valence-corrected chi connectivity index (χ2v) is 5.12. The van der Waals surface area contributed by atoms with Crippen molar-refractivity contribution in [3.8, 4) is 11.5 Å². The summed E-state index contributed by atoms with van der Waals surface area (Å²) < 4.78 is 10.5. The van der Waals surface area contributed by atoms with Gasteiger partial charge in [-0.1, -0.05) is 24.3 Å². The molecule has 0 saturated carbocycles. The van der Waals surface area contributed by atoms with Crippen LogP contribution in [0, 0.1) is 6.92 Å². The smallest absolute Gasteiger partial charge is 0.341 e. The zero-order chi connectivity index (χ0) is 18.1. The highest BCUT2D eigenvalue weighted by atomic mass is 16.5. The predicted molar refractivity (Wildman–Crippen MR) is 92.0 cm³/mol. The average molecular weight is 342 g/mol. The zero-order valence-corrected chi connectivity index (χ0v) is 13.6. The number of carboxylic acid groups (broad SMARTS) is 1. The Bertz CT molecular complexity index is 774. The van der Waals surface area contributed by atoms with Crippen LogP contribution in [0.1, 0.15) is 11.1 Å². The van der Waals surface area contributed by atoms with Crippen LogP contribution in [0.15, 0.2) is 53.6 Å². The molecular formula is C18H18N2O5. The Labute approximate surface area is 144 Å². The number of rotatable bonds is 8. The molecule has 0 unspecified atom stereocenters. The second-order valence-electron chi connectivity index (χ2n) is 5.12. The van der Waals surface area contributed by atoms with Crippen molar-refractivity contribution >= 4 is 18.1 Å². The lowest BCUT2D eigenvalue weighted by molar-refractivity contribution is -0.139. The van der Waals surface area contributed by atoms with Gasteiger partial charge in [0.25, 0.3) is 5.91 Å². The number of hydrogen-bond acceptors (Lipinski definition) is 5. The first-order valence-electron chi connectivity index (χ1n) is 7.49. The number of aryl methyl sites for hydroxylation is 1. The first-order chi connectivity index (χ1) is 12.0. The molecule has 1 amide bonds. The van der Waals surface area contributed by atoms with Gasteiger partial charge in [-0.05, 0) is 36.8 Å². The Morgan fingerprint density at radius 2 is 1.92 bits per heavy atom. The molecule has 0 aliphatic rings. The summed E-state index contributed by atoms with van der Waals surface area (Å²) in [4.78, 5) is 22.3. The molecule has 130 valence electrons. The van der Waals surface area contributed by atoms with Gasteiger partial charge in [-0.3, -0.25) is 4.79 Å². The molecule has 2 rings (SSSR count). The average Bonchev–Trinajstić information content (AvgIpc) is 2.59. The molecule has 0 aliphatic heterocycles. The molecular weight excluding hydrogens is 324 g/mol. The third kappa shape index (κ3) is 6.34. The van der Waals surface area contributed by atoms with Gasteiger partial charge < -0.3 is 14.6 Å². The normalized spacial score (nSPS) is 10.4. The lowest BCUT2D eigenvalue weighted by Gasteiger charge is -2.07. The molecule has 0 bridgehead atoms. The second kappa shape index (κ2) is 9.07. The number of carbonyl (C=O) groups is 2. The number of amides is 1. The summed E-state index contributed by atoms with van der Waals surface area (Å²) >= 11 is 0. The van der Waals surface area contributed by atoms with Crippen molar-refractivity contribution in [1.82, 2.24) is 5.43 Å². The van der Waals surface area contributed by atoms with Crippen molar-refractivity contribution in [1.29, 1.82) is 0 Å². The van der Waals surface area contributed by atoms with E-state index in [0.29, 0.717) is 17.1 Å². The standard InChI is InChI=1S/C18H18N2O5/c1-13-5-4-7-15(9-13)24-11-17(21)20-19-10-14-6-2-3-8-16(14)25-12-18(22)23/h2-10H,11-12H2,1H3,(H,20,21)(H,22,23)/b19-10-. The number of carbonyl (C=O) groups excluding carboxylic acids is 1. The van der Waals surface area contributed by atoms with E-state index in [-0.39, 0.29) is 6.61 Å². The summed E-state index contributed by atoms with van der Waals surface area (Å²) in [7, 11) is 0. The molecule has 7 heteroatoms. The van der Waals surface area contributed by atoms with Gasteiger partial charge in [-0.2, -0.15) is 5.10 Å². The van der Waals surface area contributed by atoms with Gasteiger partial charge in [0, 0.05) is 5.56 Å². The molecule has 0 spiro atoms. The fraction of sp³-hybridized carbons (Fsp3) is 0.167. The van der Waals surface area contributed by atoms with Crippen molar-refractivity contribution in [2.75, 3.05) is 13.2 Å². The Hall–Kier alpha value is -3.35. The van der Waals surface area contributed by atoms with E-state index in [1.807, 2.05) is 25.1 Å². The molecule has 0 atom stereocenters. The molecule has 0 aliphatic carbocycles. The van der Waals surface area contributed by atoms with Gasteiger partial charge in [0.2, 0.25) is 0 Å². The minimum atomic E-state index is -1.08. The van der Waals surface area contributed by atoms with Crippen molar-refractivity contribution in [2.24, 2.45) is 5.10 Å². The van der Waals surface area contributed by atoms with Crippen LogP contribution in [0.5, 0.6) is 11.5 Å². The van der Waals surface area contributed by atoms with E-state index in [1.165, 1.54) is 6.21 Å². The van der Waals surface area contributed by atoms with Crippen LogP contribution in [0.3, 0.4) is 0 Å². The molecule has 0 fully saturated rings. The van der Waals surface area contributed by atoms with E-state index in [2.05, 4.69) is 10.5 Å². The first-order valence-corrected chi connectivity index (χ1v) is 7.49. The highest BCUT2D eigenvalue weighted by Crippen LogP contribution is 2.15. The van der Waals surface area contributed by atoms with Crippen molar-refractivity contribution in [3.05, 3.63) is 59.7 Å². The van der Waals surface area contributed by atoms with Gasteiger partial charge in [-0.25, -0.2) is 10.2 Å². The molecule has 0 heterocycles. The van der Waals surface area contributed by atoms with Gasteiger partial charge in [0.1, 0.15) is 11.5 Å². The van der Waals surface area contributed by atoms with Gasteiger partial charge in [-0.15, -0.1) is 0 Å². The summed E-state index contributed by atoms with van der Waals surface area (Å²) in [5.74, 6) is -0.527. The van der Waals surface area contributed by atoms with Crippen LogP contribution in [-0.2, 0) is 9.59 Å². The monoisotopic (exact) mass is 342 g/mol. The molecule has 7 nitrogen and oxygen atoms in total. The Kier molecular flexibility index (Phi) is 6.53. The van der Waals surface area contributed by atoms with Crippen molar-refractivity contribution < 1.29 is 24.2 Å². The summed E-state index contributed by atoms with van der Waals surface area (Å²) in [6, 6.07) is 14.1. The van der Waals surface area contributed by atoms with Gasteiger partial charge in [0.15, 0.2) is 13.2 Å². The lowest BCUT2D eigenvalue weighted by atomic mass is 10.2.